The Morgan fingerprint density at radius 1 is 1.40 bits per heavy atom. The van der Waals surface area contributed by atoms with Crippen LogP contribution in [0.4, 0.5) is 0 Å². The fourth-order valence-electron chi connectivity index (χ4n) is 3.13. The molecule has 2 aliphatic rings. The molecule has 1 N–H and O–H groups in total. The summed E-state index contributed by atoms with van der Waals surface area (Å²) in [5.41, 5.74) is 1.07. The number of fused-ring (bicyclic) bond motifs is 1. The van der Waals surface area contributed by atoms with Gasteiger partial charge >= 0.3 is 5.97 Å². The summed E-state index contributed by atoms with van der Waals surface area (Å²) in [6, 6.07) is 3.98. The monoisotopic (exact) mass is 411 g/mol. The van der Waals surface area contributed by atoms with Gasteiger partial charge in [0.25, 0.3) is 0 Å². The van der Waals surface area contributed by atoms with Gasteiger partial charge in [-0.25, -0.2) is 0 Å². The summed E-state index contributed by atoms with van der Waals surface area (Å²) in [6.45, 7) is 2.44. The maximum atomic E-state index is 11.6. The smallest absolute Gasteiger partial charge is 0.308 e. The van der Waals surface area contributed by atoms with E-state index in [2.05, 4.69) is 31.1 Å². The van der Waals surface area contributed by atoms with Crippen LogP contribution in [-0.2, 0) is 16.1 Å². The number of likely N-dealkylation sites (tertiary alicyclic amines) is 1. The number of nitrogens with one attached hydrogen (secondary N) is 1. The SMILES string of the molecule is CN=C(NCc1cc(Br)c2c(c1)OCO2)N1CCC(C(=O)OC)CC1. The molecule has 2 heterocycles. The third-order valence-electron chi connectivity index (χ3n) is 4.48. The van der Waals surface area contributed by atoms with Gasteiger partial charge in [-0.15, -0.1) is 0 Å². The maximum absolute atomic E-state index is 11.6. The predicted molar refractivity (Wildman–Crippen MR) is 96.8 cm³/mol. The van der Waals surface area contributed by atoms with Gasteiger partial charge in [0, 0.05) is 26.7 Å². The predicted octanol–water partition coefficient (Wildman–Crippen LogP) is 2.14. The van der Waals surface area contributed by atoms with Gasteiger partial charge < -0.3 is 24.4 Å². The molecule has 1 aromatic carbocycles. The van der Waals surface area contributed by atoms with E-state index in [1.54, 1.807) is 7.05 Å². The Bertz CT molecular complexity index is 672. The van der Waals surface area contributed by atoms with Crippen LogP contribution in [0.2, 0.25) is 0 Å². The van der Waals surface area contributed by atoms with Crippen molar-refractivity contribution in [3.05, 3.63) is 22.2 Å². The molecule has 2 aliphatic heterocycles. The van der Waals surface area contributed by atoms with Gasteiger partial charge in [0.05, 0.1) is 17.5 Å². The fraction of sp³-hybridized carbons (Fsp3) is 0.529. The molecule has 0 radical (unpaired) electrons. The highest BCUT2D eigenvalue weighted by Crippen LogP contribution is 2.39. The summed E-state index contributed by atoms with van der Waals surface area (Å²) < 4.78 is 16.6. The van der Waals surface area contributed by atoms with Crippen molar-refractivity contribution in [1.29, 1.82) is 0 Å². The number of rotatable bonds is 3. The van der Waals surface area contributed by atoms with Gasteiger partial charge in [0.15, 0.2) is 17.5 Å². The fourth-order valence-corrected chi connectivity index (χ4v) is 3.73. The molecule has 0 spiro atoms. The van der Waals surface area contributed by atoms with E-state index in [1.165, 1.54) is 7.11 Å². The van der Waals surface area contributed by atoms with Crippen LogP contribution in [0.1, 0.15) is 18.4 Å². The van der Waals surface area contributed by atoms with E-state index in [1.807, 2.05) is 12.1 Å². The molecule has 0 aromatic heterocycles. The van der Waals surface area contributed by atoms with Crippen molar-refractivity contribution in [1.82, 2.24) is 10.2 Å². The summed E-state index contributed by atoms with van der Waals surface area (Å²) in [7, 11) is 3.21. The first-order valence-corrected chi connectivity index (χ1v) is 9.03. The average molecular weight is 412 g/mol. The van der Waals surface area contributed by atoms with Crippen LogP contribution >= 0.6 is 15.9 Å². The largest absolute Gasteiger partial charge is 0.469 e. The van der Waals surface area contributed by atoms with Crippen molar-refractivity contribution in [2.45, 2.75) is 19.4 Å². The third kappa shape index (κ3) is 4.00. The second-order valence-corrected chi connectivity index (χ2v) is 6.85. The standard InChI is InChI=1S/C17H22BrN3O4/c1-19-17(21-5-3-12(4-6-21)16(22)23-2)20-9-11-7-13(18)15-14(8-11)24-10-25-15/h7-8,12H,3-6,9-10H2,1-2H3,(H,19,20). The molecule has 0 unspecified atom stereocenters. The Hall–Kier alpha value is -1.96. The number of methoxy groups -OCH3 is 1. The number of carbonyl (C=O) groups excluding carboxylic acids is 1. The first-order chi connectivity index (χ1) is 12.1. The van der Waals surface area contributed by atoms with Crippen LogP contribution in [0.3, 0.4) is 0 Å². The molecule has 1 aromatic rings. The number of carbonyl (C=O) groups is 1. The van der Waals surface area contributed by atoms with Crippen LogP contribution in [0, 0.1) is 5.92 Å². The maximum Gasteiger partial charge on any atom is 0.308 e. The van der Waals surface area contributed by atoms with Gasteiger partial charge in [0.2, 0.25) is 6.79 Å². The van der Waals surface area contributed by atoms with Gasteiger partial charge in [-0.3, -0.25) is 9.79 Å². The summed E-state index contributed by atoms with van der Waals surface area (Å²) >= 11 is 3.51. The number of benzene rings is 1. The van der Waals surface area contributed by atoms with Gasteiger partial charge in [-0.1, -0.05) is 0 Å². The first-order valence-electron chi connectivity index (χ1n) is 8.23. The van der Waals surface area contributed by atoms with Crippen molar-refractivity contribution in [3.63, 3.8) is 0 Å². The van der Waals surface area contributed by atoms with Gasteiger partial charge in [-0.2, -0.15) is 0 Å². The number of ether oxygens (including phenoxy) is 3. The van der Waals surface area contributed by atoms with Crippen LogP contribution in [0.5, 0.6) is 11.5 Å². The molecule has 25 heavy (non-hydrogen) atoms. The van der Waals surface area contributed by atoms with Crippen LogP contribution in [0.25, 0.3) is 0 Å². The van der Waals surface area contributed by atoms with Crippen molar-refractivity contribution >= 4 is 27.9 Å². The molecule has 0 saturated carbocycles. The second kappa shape index (κ2) is 7.95. The highest BCUT2D eigenvalue weighted by Gasteiger charge is 2.27. The number of esters is 1. The summed E-state index contributed by atoms with van der Waals surface area (Å²) in [5.74, 6) is 2.20. The van der Waals surface area contributed by atoms with Crippen LogP contribution < -0.4 is 14.8 Å². The number of aliphatic imine (C=N–C) groups is 1. The Morgan fingerprint density at radius 2 is 2.16 bits per heavy atom. The Kier molecular flexibility index (Phi) is 5.67. The summed E-state index contributed by atoms with van der Waals surface area (Å²) in [5, 5.41) is 3.37. The number of hydrogen-bond acceptors (Lipinski definition) is 5. The Balaban J connectivity index is 1.57. The third-order valence-corrected chi connectivity index (χ3v) is 5.07. The lowest BCUT2D eigenvalue weighted by molar-refractivity contribution is -0.146. The highest BCUT2D eigenvalue weighted by atomic mass is 79.9. The molecule has 136 valence electrons. The summed E-state index contributed by atoms with van der Waals surface area (Å²) in [4.78, 5) is 18.2. The van der Waals surface area contributed by atoms with E-state index in [0.717, 1.165) is 53.4 Å². The van der Waals surface area contributed by atoms with Crippen molar-refractivity contribution < 1.29 is 19.0 Å². The zero-order valence-corrected chi connectivity index (χ0v) is 16.0. The van der Waals surface area contributed by atoms with E-state index in [9.17, 15) is 4.79 Å². The molecule has 0 aliphatic carbocycles. The minimum absolute atomic E-state index is 0.0100. The van der Waals surface area contributed by atoms with E-state index < -0.39 is 0 Å². The van der Waals surface area contributed by atoms with E-state index in [0.29, 0.717) is 6.54 Å². The quantitative estimate of drug-likeness (QED) is 0.466. The summed E-state index contributed by atoms with van der Waals surface area (Å²) in [6.07, 6.45) is 1.56. The lowest BCUT2D eigenvalue weighted by atomic mass is 9.97. The highest BCUT2D eigenvalue weighted by molar-refractivity contribution is 9.10. The zero-order chi connectivity index (χ0) is 17.8. The van der Waals surface area contributed by atoms with Crippen LogP contribution in [-0.4, -0.2) is 50.9 Å². The number of hydrogen-bond donors (Lipinski definition) is 1. The molecule has 1 fully saturated rings. The lowest BCUT2D eigenvalue weighted by Crippen LogP contribution is -2.46. The first kappa shape index (κ1) is 17.8. The zero-order valence-electron chi connectivity index (χ0n) is 14.4. The van der Waals surface area contributed by atoms with E-state index in [-0.39, 0.29) is 18.7 Å². The Labute approximate surface area is 155 Å². The van der Waals surface area contributed by atoms with E-state index >= 15 is 0 Å². The molecule has 0 bridgehead atoms. The number of nitrogens with zero attached hydrogens (tertiary/aromatic N) is 2. The number of halogens is 1. The molecular weight excluding hydrogens is 390 g/mol. The molecule has 8 heteroatoms. The molecule has 3 rings (SSSR count). The number of piperidine rings is 1. The minimum atomic E-state index is -0.118. The average Bonchev–Trinajstić information content (AvgIpc) is 3.11. The molecule has 0 amide bonds. The van der Waals surface area contributed by atoms with Gasteiger partial charge in [-0.05, 0) is 46.5 Å². The normalized spacial score (nSPS) is 17.6. The molecule has 7 nitrogen and oxygen atoms in total. The van der Waals surface area contributed by atoms with Crippen molar-refractivity contribution in [2.24, 2.45) is 10.9 Å². The second-order valence-electron chi connectivity index (χ2n) is 6.00. The number of guanidine groups is 1. The molecule has 1 saturated heterocycles. The lowest BCUT2D eigenvalue weighted by Gasteiger charge is -2.33. The van der Waals surface area contributed by atoms with Gasteiger partial charge in [0.1, 0.15) is 0 Å². The van der Waals surface area contributed by atoms with E-state index in [4.69, 9.17) is 14.2 Å². The van der Waals surface area contributed by atoms with Crippen molar-refractivity contribution in [3.8, 4) is 11.5 Å². The topological polar surface area (TPSA) is 72.4 Å². The molecule has 0 atom stereocenters. The molecular formula is C17H22BrN3O4. The minimum Gasteiger partial charge on any atom is -0.469 e. The van der Waals surface area contributed by atoms with Crippen molar-refractivity contribution in [2.75, 3.05) is 34.0 Å². The van der Waals surface area contributed by atoms with Crippen LogP contribution in [0.15, 0.2) is 21.6 Å². The Morgan fingerprint density at radius 3 is 2.84 bits per heavy atom.